The van der Waals surface area contributed by atoms with Crippen molar-refractivity contribution < 1.29 is 24.0 Å². The number of nitrogens with zero attached hydrogens (tertiary/aromatic N) is 1. The monoisotopic (exact) mass is 411 g/mol. The summed E-state index contributed by atoms with van der Waals surface area (Å²) in [6.45, 7) is 2.12. The predicted molar refractivity (Wildman–Crippen MR) is 115 cm³/mol. The molecule has 30 heavy (non-hydrogen) atoms. The van der Waals surface area contributed by atoms with Gasteiger partial charge in [-0.2, -0.15) is 0 Å². The number of ether oxygens (including phenoxy) is 1. The summed E-state index contributed by atoms with van der Waals surface area (Å²) in [5.41, 5.74) is 1.96. The Bertz CT molecular complexity index is 929. The topological polar surface area (TPSA) is 92.2 Å². The van der Waals surface area contributed by atoms with Crippen LogP contribution < -0.4 is 25.2 Å². The number of amides is 3. The molecular weight excluding hydrogens is 384 g/mol. The molecule has 0 spiro atoms. The highest BCUT2D eigenvalue weighted by Gasteiger charge is 2.31. The first-order chi connectivity index (χ1) is 14.4. The number of para-hydroxylation sites is 2. The summed E-state index contributed by atoms with van der Waals surface area (Å²) in [5, 5.41) is 5.67. The van der Waals surface area contributed by atoms with Crippen LogP contribution in [-0.4, -0.2) is 51.0 Å². The van der Waals surface area contributed by atoms with E-state index in [4.69, 9.17) is 4.74 Å². The number of nitrogens with one attached hydrogen (secondary N) is 3. The van der Waals surface area contributed by atoms with Crippen LogP contribution >= 0.6 is 0 Å². The summed E-state index contributed by atoms with van der Waals surface area (Å²) < 4.78 is 5.10. The molecule has 2 aromatic carbocycles. The van der Waals surface area contributed by atoms with Crippen LogP contribution in [0.2, 0.25) is 0 Å². The van der Waals surface area contributed by atoms with E-state index in [9.17, 15) is 14.4 Å². The van der Waals surface area contributed by atoms with Gasteiger partial charge in [0, 0.05) is 18.2 Å². The Morgan fingerprint density at radius 2 is 1.87 bits per heavy atom. The number of hydrogen-bond acceptors (Lipinski definition) is 4. The van der Waals surface area contributed by atoms with Crippen molar-refractivity contribution >= 4 is 34.8 Å². The Morgan fingerprint density at radius 1 is 1.17 bits per heavy atom. The van der Waals surface area contributed by atoms with Gasteiger partial charge in [0.2, 0.25) is 5.91 Å². The van der Waals surface area contributed by atoms with Crippen molar-refractivity contribution in [1.82, 2.24) is 0 Å². The van der Waals surface area contributed by atoms with Crippen molar-refractivity contribution in [2.24, 2.45) is 0 Å². The van der Waals surface area contributed by atoms with Gasteiger partial charge in [-0.15, -0.1) is 0 Å². The summed E-state index contributed by atoms with van der Waals surface area (Å²) in [6, 6.07) is 14.0. The predicted octanol–water partition coefficient (Wildman–Crippen LogP) is 0.912. The normalized spacial score (nSPS) is 16.7. The molecule has 0 aromatic heterocycles. The molecule has 158 valence electrons. The van der Waals surface area contributed by atoms with Crippen LogP contribution in [0.15, 0.2) is 48.5 Å². The third-order valence-electron chi connectivity index (χ3n) is 4.92. The van der Waals surface area contributed by atoms with Crippen LogP contribution in [0.5, 0.6) is 5.75 Å². The van der Waals surface area contributed by atoms with E-state index >= 15 is 0 Å². The molecule has 0 saturated carbocycles. The number of quaternary nitrogens is 1. The van der Waals surface area contributed by atoms with E-state index < -0.39 is 0 Å². The molecule has 8 nitrogen and oxygen atoms in total. The summed E-state index contributed by atoms with van der Waals surface area (Å²) in [6.07, 6.45) is 0.220. The van der Waals surface area contributed by atoms with Crippen molar-refractivity contribution in [1.29, 1.82) is 0 Å². The van der Waals surface area contributed by atoms with Crippen LogP contribution in [0, 0.1) is 0 Å². The maximum Gasteiger partial charge on any atom is 0.282 e. The van der Waals surface area contributed by atoms with E-state index in [0.29, 0.717) is 22.8 Å². The molecule has 0 aliphatic carbocycles. The lowest BCUT2D eigenvalue weighted by Gasteiger charge is -2.28. The van der Waals surface area contributed by atoms with Gasteiger partial charge in [0.05, 0.1) is 25.5 Å². The molecule has 2 atom stereocenters. The minimum atomic E-state index is -0.276. The zero-order chi connectivity index (χ0) is 21.7. The standard InChI is InChI=1S/C22H26N4O4/c1-15-12-20(27)24-18-6-4-5-7-19(18)26(15)22(29)14-25(2)13-21(28)23-16-8-10-17(30-3)11-9-16/h4-11,15H,12-14H2,1-3H3,(H,23,28)(H,24,27)/p+1/t15-/m1/s1. The van der Waals surface area contributed by atoms with Gasteiger partial charge in [0.1, 0.15) is 5.75 Å². The smallest absolute Gasteiger partial charge is 0.282 e. The molecular formula is C22H27N4O4+. The van der Waals surface area contributed by atoms with Gasteiger partial charge in [0.15, 0.2) is 13.1 Å². The largest absolute Gasteiger partial charge is 0.497 e. The van der Waals surface area contributed by atoms with Crippen molar-refractivity contribution in [2.45, 2.75) is 19.4 Å². The number of likely N-dealkylation sites (N-methyl/N-ethyl adjacent to an activating group) is 1. The maximum atomic E-state index is 13.1. The van der Waals surface area contributed by atoms with Gasteiger partial charge < -0.3 is 25.2 Å². The minimum Gasteiger partial charge on any atom is -0.497 e. The Labute approximate surface area is 175 Å². The summed E-state index contributed by atoms with van der Waals surface area (Å²) >= 11 is 0. The molecule has 8 heteroatoms. The van der Waals surface area contributed by atoms with Gasteiger partial charge in [-0.05, 0) is 43.3 Å². The number of rotatable bonds is 6. The molecule has 3 amide bonds. The Balaban J connectivity index is 1.63. The van der Waals surface area contributed by atoms with Crippen LogP contribution in [-0.2, 0) is 14.4 Å². The second-order valence-corrected chi connectivity index (χ2v) is 7.47. The zero-order valence-corrected chi connectivity index (χ0v) is 17.4. The van der Waals surface area contributed by atoms with Gasteiger partial charge in [-0.25, -0.2) is 0 Å². The summed E-state index contributed by atoms with van der Waals surface area (Å²) in [7, 11) is 3.38. The SMILES string of the molecule is COc1ccc(NC(=O)C[NH+](C)CC(=O)N2c3ccccc3NC(=O)C[C@H]2C)cc1. The van der Waals surface area contributed by atoms with E-state index in [1.54, 1.807) is 49.4 Å². The first kappa shape index (κ1) is 21.3. The lowest BCUT2D eigenvalue weighted by molar-refractivity contribution is -0.862. The number of fused-ring (bicyclic) bond motifs is 1. The molecule has 0 bridgehead atoms. The fourth-order valence-corrected chi connectivity index (χ4v) is 3.53. The maximum absolute atomic E-state index is 13.1. The average Bonchev–Trinajstić information content (AvgIpc) is 2.82. The van der Waals surface area contributed by atoms with Crippen LogP contribution in [0.3, 0.4) is 0 Å². The Morgan fingerprint density at radius 3 is 2.57 bits per heavy atom. The molecule has 0 fully saturated rings. The quantitative estimate of drug-likeness (QED) is 0.659. The number of benzene rings is 2. The van der Waals surface area contributed by atoms with Gasteiger partial charge in [-0.3, -0.25) is 14.4 Å². The van der Waals surface area contributed by atoms with Gasteiger partial charge in [-0.1, -0.05) is 12.1 Å². The molecule has 1 aliphatic rings. The molecule has 0 saturated heterocycles. The van der Waals surface area contributed by atoms with E-state index in [-0.39, 0.29) is 43.3 Å². The van der Waals surface area contributed by atoms with Crippen molar-refractivity contribution in [2.75, 3.05) is 42.8 Å². The molecule has 2 aromatic rings. The van der Waals surface area contributed by atoms with Crippen LogP contribution in [0.25, 0.3) is 0 Å². The van der Waals surface area contributed by atoms with Crippen molar-refractivity contribution in [3.05, 3.63) is 48.5 Å². The highest BCUT2D eigenvalue weighted by Crippen LogP contribution is 2.31. The van der Waals surface area contributed by atoms with Gasteiger partial charge in [0.25, 0.3) is 11.8 Å². The van der Waals surface area contributed by atoms with Crippen LogP contribution in [0.1, 0.15) is 13.3 Å². The lowest BCUT2D eigenvalue weighted by atomic mass is 10.1. The lowest BCUT2D eigenvalue weighted by Crippen LogP contribution is -3.11. The Hall–Kier alpha value is -3.39. The second kappa shape index (κ2) is 9.41. The third-order valence-corrected chi connectivity index (χ3v) is 4.92. The van der Waals surface area contributed by atoms with E-state index in [1.807, 2.05) is 25.1 Å². The number of hydrogen-bond donors (Lipinski definition) is 3. The number of carbonyl (C=O) groups excluding carboxylic acids is 3. The zero-order valence-electron chi connectivity index (χ0n) is 17.4. The number of anilines is 3. The van der Waals surface area contributed by atoms with Crippen molar-refractivity contribution in [3.63, 3.8) is 0 Å². The van der Waals surface area contributed by atoms with Crippen LogP contribution in [0.4, 0.5) is 17.1 Å². The molecule has 0 radical (unpaired) electrons. The van der Waals surface area contributed by atoms with Crippen molar-refractivity contribution in [3.8, 4) is 5.75 Å². The van der Waals surface area contributed by atoms with E-state index in [2.05, 4.69) is 10.6 Å². The molecule has 3 N–H and O–H groups in total. The summed E-state index contributed by atoms with van der Waals surface area (Å²) in [5.74, 6) is 0.263. The van der Waals surface area contributed by atoms with E-state index in [1.165, 1.54) is 0 Å². The minimum absolute atomic E-state index is 0.121. The fraction of sp³-hybridized carbons (Fsp3) is 0.318. The highest BCUT2D eigenvalue weighted by molar-refractivity contribution is 6.04. The van der Waals surface area contributed by atoms with Gasteiger partial charge >= 0.3 is 0 Å². The third kappa shape index (κ3) is 5.15. The molecule has 1 unspecified atom stereocenters. The average molecular weight is 411 g/mol. The summed E-state index contributed by atoms with van der Waals surface area (Å²) in [4.78, 5) is 39.9. The molecule has 3 rings (SSSR count). The number of methoxy groups -OCH3 is 1. The Kier molecular flexibility index (Phi) is 6.68. The first-order valence-electron chi connectivity index (χ1n) is 9.83. The highest BCUT2D eigenvalue weighted by atomic mass is 16.5. The fourth-order valence-electron chi connectivity index (χ4n) is 3.53. The molecule has 1 heterocycles. The molecule has 1 aliphatic heterocycles. The second-order valence-electron chi connectivity index (χ2n) is 7.47. The van der Waals surface area contributed by atoms with E-state index in [0.717, 1.165) is 4.90 Å². The first-order valence-corrected chi connectivity index (χ1v) is 9.83. The number of carbonyl (C=O) groups is 3.